The Labute approximate surface area is 120 Å². The van der Waals surface area contributed by atoms with Gasteiger partial charge in [0.15, 0.2) is 0 Å². The van der Waals surface area contributed by atoms with Crippen molar-refractivity contribution in [3.8, 4) is 0 Å². The molecular weight excluding hydrogens is 261 g/mol. The summed E-state index contributed by atoms with van der Waals surface area (Å²) in [7, 11) is 0. The Bertz CT molecular complexity index is 379. The largest absolute Gasteiger partial charge is 0.310 e. The highest BCUT2D eigenvalue weighted by atomic mass is 35.5. The van der Waals surface area contributed by atoms with Crippen molar-refractivity contribution in [3.63, 3.8) is 0 Å². The molecule has 1 saturated carbocycles. The highest BCUT2D eigenvalue weighted by Crippen LogP contribution is 2.28. The first-order valence-corrected chi connectivity index (χ1v) is 7.74. The van der Waals surface area contributed by atoms with Gasteiger partial charge < -0.3 is 5.32 Å². The summed E-state index contributed by atoms with van der Waals surface area (Å²) in [5, 5.41) is 3.98. The smallest absolute Gasteiger partial charge is 0.129 e. The van der Waals surface area contributed by atoms with Crippen molar-refractivity contribution in [2.75, 3.05) is 0 Å². The standard InChI is InChI=1S/C16H23ClFN/c1-2-4-12-7-9-13(10-8-12)19-11-14-15(17)5-3-6-16(14)18/h3,5-6,12-13,19H,2,4,7-11H2,1H3. The van der Waals surface area contributed by atoms with Crippen molar-refractivity contribution >= 4 is 11.6 Å². The Morgan fingerprint density at radius 1 is 1.26 bits per heavy atom. The van der Waals surface area contributed by atoms with Gasteiger partial charge in [-0.3, -0.25) is 0 Å². The van der Waals surface area contributed by atoms with Crippen molar-refractivity contribution in [3.05, 3.63) is 34.6 Å². The SMILES string of the molecule is CCCC1CCC(NCc2c(F)cccc2Cl)CC1. The van der Waals surface area contributed by atoms with Gasteiger partial charge in [0.25, 0.3) is 0 Å². The summed E-state index contributed by atoms with van der Waals surface area (Å²) >= 11 is 6.03. The van der Waals surface area contributed by atoms with E-state index < -0.39 is 0 Å². The molecule has 0 spiro atoms. The molecular formula is C16H23ClFN. The Balaban J connectivity index is 1.81. The highest BCUT2D eigenvalue weighted by Gasteiger charge is 2.20. The van der Waals surface area contributed by atoms with E-state index >= 15 is 0 Å². The number of rotatable bonds is 5. The third kappa shape index (κ3) is 4.19. The second-order valence-corrected chi connectivity index (χ2v) is 5.99. The second kappa shape index (κ2) is 7.25. The molecule has 0 amide bonds. The molecule has 1 aliphatic rings. The van der Waals surface area contributed by atoms with Crippen LogP contribution in [-0.4, -0.2) is 6.04 Å². The molecule has 1 N–H and O–H groups in total. The summed E-state index contributed by atoms with van der Waals surface area (Å²) in [6.07, 6.45) is 7.65. The average molecular weight is 284 g/mol. The van der Waals surface area contributed by atoms with Crippen LogP contribution >= 0.6 is 11.6 Å². The maximum absolute atomic E-state index is 13.6. The van der Waals surface area contributed by atoms with Crippen molar-refractivity contribution in [1.82, 2.24) is 5.32 Å². The van der Waals surface area contributed by atoms with Gasteiger partial charge in [-0.05, 0) is 43.7 Å². The number of hydrogen-bond donors (Lipinski definition) is 1. The summed E-state index contributed by atoms with van der Waals surface area (Å²) in [5.74, 6) is 0.694. The van der Waals surface area contributed by atoms with Crippen LogP contribution in [0, 0.1) is 11.7 Å². The zero-order valence-corrected chi connectivity index (χ0v) is 12.3. The average Bonchev–Trinajstić information content (AvgIpc) is 2.40. The summed E-state index contributed by atoms with van der Waals surface area (Å²) < 4.78 is 13.6. The summed E-state index contributed by atoms with van der Waals surface area (Å²) in [6, 6.07) is 5.39. The van der Waals surface area contributed by atoms with Crippen LogP contribution in [0.2, 0.25) is 5.02 Å². The molecule has 0 radical (unpaired) electrons. The maximum atomic E-state index is 13.6. The minimum atomic E-state index is -0.209. The van der Waals surface area contributed by atoms with Crippen LogP contribution in [0.3, 0.4) is 0 Å². The van der Waals surface area contributed by atoms with Crippen LogP contribution in [-0.2, 0) is 6.54 Å². The van der Waals surface area contributed by atoms with Gasteiger partial charge in [-0.25, -0.2) is 4.39 Å². The van der Waals surface area contributed by atoms with E-state index in [1.54, 1.807) is 12.1 Å². The van der Waals surface area contributed by atoms with Gasteiger partial charge >= 0.3 is 0 Å². The lowest BCUT2D eigenvalue weighted by Crippen LogP contribution is -2.33. The van der Waals surface area contributed by atoms with E-state index in [0.717, 1.165) is 5.92 Å². The van der Waals surface area contributed by atoms with Gasteiger partial charge in [0.2, 0.25) is 0 Å². The zero-order valence-electron chi connectivity index (χ0n) is 11.6. The first-order valence-electron chi connectivity index (χ1n) is 7.37. The molecule has 0 aromatic heterocycles. The predicted molar refractivity (Wildman–Crippen MR) is 78.9 cm³/mol. The number of nitrogens with one attached hydrogen (secondary N) is 1. The van der Waals surface area contributed by atoms with Crippen LogP contribution in [0.15, 0.2) is 18.2 Å². The van der Waals surface area contributed by atoms with Gasteiger partial charge in [-0.1, -0.05) is 37.4 Å². The van der Waals surface area contributed by atoms with Crippen LogP contribution in [0.1, 0.15) is 51.0 Å². The molecule has 1 nitrogen and oxygen atoms in total. The lowest BCUT2D eigenvalue weighted by molar-refractivity contribution is 0.277. The third-order valence-electron chi connectivity index (χ3n) is 4.17. The van der Waals surface area contributed by atoms with E-state index in [2.05, 4.69) is 12.2 Å². The normalized spacial score (nSPS) is 23.5. The van der Waals surface area contributed by atoms with Gasteiger partial charge in [-0.15, -0.1) is 0 Å². The lowest BCUT2D eigenvalue weighted by Gasteiger charge is -2.29. The monoisotopic (exact) mass is 283 g/mol. The zero-order chi connectivity index (χ0) is 13.7. The fourth-order valence-electron chi connectivity index (χ4n) is 3.01. The van der Waals surface area contributed by atoms with E-state index in [1.807, 2.05) is 0 Å². The minimum absolute atomic E-state index is 0.209. The molecule has 1 fully saturated rings. The second-order valence-electron chi connectivity index (χ2n) is 5.59. The predicted octanol–water partition coefficient (Wildman–Crippen LogP) is 4.93. The van der Waals surface area contributed by atoms with Gasteiger partial charge in [0.1, 0.15) is 5.82 Å². The molecule has 0 bridgehead atoms. The molecule has 19 heavy (non-hydrogen) atoms. The first-order chi connectivity index (χ1) is 9.20. The van der Waals surface area contributed by atoms with E-state index in [9.17, 15) is 4.39 Å². The molecule has 3 heteroatoms. The molecule has 0 aliphatic heterocycles. The van der Waals surface area contributed by atoms with Gasteiger partial charge in [0, 0.05) is 23.2 Å². The lowest BCUT2D eigenvalue weighted by atomic mass is 9.83. The molecule has 1 aromatic carbocycles. The van der Waals surface area contributed by atoms with E-state index in [0.29, 0.717) is 23.2 Å². The maximum Gasteiger partial charge on any atom is 0.129 e. The first kappa shape index (κ1) is 14.8. The number of benzene rings is 1. The fraction of sp³-hybridized carbons (Fsp3) is 0.625. The summed E-state index contributed by atoms with van der Waals surface area (Å²) in [5.41, 5.74) is 0.597. The topological polar surface area (TPSA) is 12.0 Å². The van der Waals surface area contributed by atoms with E-state index in [1.165, 1.54) is 44.6 Å². The van der Waals surface area contributed by atoms with Crippen molar-refractivity contribution in [2.24, 2.45) is 5.92 Å². The Morgan fingerprint density at radius 3 is 2.63 bits per heavy atom. The Morgan fingerprint density at radius 2 is 2.00 bits per heavy atom. The van der Waals surface area contributed by atoms with Crippen molar-refractivity contribution < 1.29 is 4.39 Å². The molecule has 0 atom stereocenters. The summed E-state index contributed by atoms with van der Waals surface area (Å²) in [4.78, 5) is 0. The number of halogens is 2. The highest BCUT2D eigenvalue weighted by molar-refractivity contribution is 6.31. The van der Waals surface area contributed by atoms with Crippen LogP contribution in [0.5, 0.6) is 0 Å². The molecule has 1 aromatic rings. The van der Waals surface area contributed by atoms with E-state index in [-0.39, 0.29) is 5.82 Å². The van der Waals surface area contributed by atoms with Crippen LogP contribution in [0.4, 0.5) is 4.39 Å². The molecule has 2 rings (SSSR count). The number of hydrogen-bond acceptors (Lipinski definition) is 1. The van der Waals surface area contributed by atoms with Gasteiger partial charge in [-0.2, -0.15) is 0 Å². The molecule has 0 saturated heterocycles. The molecule has 106 valence electrons. The minimum Gasteiger partial charge on any atom is -0.310 e. The van der Waals surface area contributed by atoms with Crippen molar-refractivity contribution in [1.29, 1.82) is 0 Å². The molecule has 1 aliphatic carbocycles. The third-order valence-corrected chi connectivity index (χ3v) is 4.53. The van der Waals surface area contributed by atoms with Crippen LogP contribution < -0.4 is 5.32 Å². The Hall–Kier alpha value is -0.600. The fourth-order valence-corrected chi connectivity index (χ4v) is 3.24. The molecule has 0 unspecified atom stereocenters. The summed E-state index contributed by atoms with van der Waals surface area (Å²) in [6.45, 7) is 2.79. The Kier molecular flexibility index (Phi) is 5.65. The quantitative estimate of drug-likeness (QED) is 0.808. The van der Waals surface area contributed by atoms with Crippen LogP contribution in [0.25, 0.3) is 0 Å². The van der Waals surface area contributed by atoms with Crippen molar-refractivity contribution in [2.45, 2.75) is 58.0 Å². The molecule has 0 heterocycles. The van der Waals surface area contributed by atoms with Gasteiger partial charge in [0.05, 0.1) is 0 Å². The van der Waals surface area contributed by atoms with E-state index in [4.69, 9.17) is 11.6 Å².